The highest BCUT2D eigenvalue weighted by Gasteiger charge is 2.28. The summed E-state index contributed by atoms with van der Waals surface area (Å²) >= 11 is 6.12. The first-order chi connectivity index (χ1) is 13.6. The van der Waals surface area contributed by atoms with E-state index in [0.29, 0.717) is 36.6 Å². The quantitative estimate of drug-likeness (QED) is 0.651. The Labute approximate surface area is 171 Å². The van der Waals surface area contributed by atoms with Crippen LogP contribution in [0.3, 0.4) is 0 Å². The van der Waals surface area contributed by atoms with E-state index in [-0.39, 0.29) is 17.9 Å². The van der Waals surface area contributed by atoms with Crippen molar-refractivity contribution < 1.29 is 14.3 Å². The minimum Gasteiger partial charge on any atom is -0.466 e. The fourth-order valence-electron chi connectivity index (χ4n) is 3.72. The lowest BCUT2D eigenvalue weighted by atomic mass is 9.99. The van der Waals surface area contributed by atoms with Crippen LogP contribution in [0.5, 0.6) is 0 Å². The van der Waals surface area contributed by atoms with Gasteiger partial charge >= 0.3 is 5.97 Å². The standard InChI is InChI=1S/C22H27ClN2O3/c1-24-14-6-10-20(24)22(27)25-15-5-4-8-18(25)13-16-28-21(26)12-11-17-7-2-3-9-19(17)23/h2-3,6-7,9-10,14,18H,4-5,8,11-13,15-16H2,1H3. The number of likely N-dealkylation sites (tertiary alicyclic amines) is 1. The Balaban J connectivity index is 1.47. The van der Waals surface area contributed by atoms with Crippen molar-refractivity contribution in [2.45, 2.75) is 44.6 Å². The van der Waals surface area contributed by atoms with Gasteiger partial charge in [-0.05, 0) is 49.4 Å². The number of hydrogen-bond donors (Lipinski definition) is 0. The van der Waals surface area contributed by atoms with Crippen molar-refractivity contribution >= 4 is 23.5 Å². The molecule has 0 aliphatic carbocycles. The molecule has 0 N–H and O–H groups in total. The molecule has 28 heavy (non-hydrogen) atoms. The molecule has 1 aliphatic heterocycles. The Morgan fingerprint density at radius 1 is 1.18 bits per heavy atom. The van der Waals surface area contributed by atoms with E-state index in [0.717, 1.165) is 31.4 Å². The third-order valence-corrected chi connectivity index (χ3v) is 5.69. The largest absolute Gasteiger partial charge is 0.466 e. The number of carbonyl (C=O) groups is 2. The van der Waals surface area contributed by atoms with E-state index in [2.05, 4.69) is 0 Å². The van der Waals surface area contributed by atoms with Gasteiger partial charge < -0.3 is 14.2 Å². The molecule has 3 rings (SSSR count). The Morgan fingerprint density at radius 2 is 2.00 bits per heavy atom. The normalized spacial score (nSPS) is 16.8. The van der Waals surface area contributed by atoms with Gasteiger partial charge in [0, 0.05) is 43.7 Å². The van der Waals surface area contributed by atoms with Gasteiger partial charge in [0.25, 0.3) is 5.91 Å². The van der Waals surface area contributed by atoms with E-state index >= 15 is 0 Å². The van der Waals surface area contributed by atoms with Crippen LogP contribution in [0.4, 0.5) is 0 Å². The first-order valence-corrected chi connectivity index (χ1v) is 10.3. The molecule has 1 aromatic carbocycles. The van der Waals surface area contributed by atoms with E-state index < -0.39 is 0 Å². The first kappa shape index (κ1) is 20.5. The van der Waals surface area contributed by atoms with Gasteiger partial charge in [0.2, 0.25) is 0 Å². The summed E-state index contributed by atoms with van der Waals surface area (Å²) in [5.74, 6) is -0.168. The number of amides is 1. The molecule has 2 heterocycles. The van der Waals surface area contributed by atoms with E-state index in [4.69, 9.17) is 16.3 Å². The maximum absolute atomic E-state index is 12.9. The number of ether oxygens (including phenoxy) is 1. The van der Waals surface area contributed by atoms with Crippen LogP contribution >= 0.6 is 11.6 Å². The van der Waals surface area contributed by atoms with E-state index in [1.807, 2.05) is 59.1 Å². The number of carbonyl (C=O) groups excluding carboxylic acids is 2. The smallest absolute Gasteiger partial charge is 0.306 e. The molecule has 1 fully saturated rings. The lowest BCUT2D eigenvalue weighted by Gasteiger charge is -2.35. The van der Waals surface area contributed by atoms with Crippen molar-refractivity contribution in [3.05, 3.63) is 58.9 Å². The zero-order chi connectivity index (χ0) is 19.9. The molecule has 1 aromatic heterocycles. The molecule has 150 valence electrons. The number of benzene rings is 1. The number of rotatable bonds is 7. The summed E-state index contributed by atoms with van der Waals surface area (Å²) < 4.78 is 7.27. The third-order valence-electron chi connectivity index (χ3n) is 5.32. The predicted octanol–water partition coefficient (Wildman–Crippen LogP) is 4.24. The third kappa shape index (κ3) is 5.16. The molecule has 1 atom stereocenters. The van der Waals surface area contributed by atoms with Crippen LogP contribution < -0.4 is 0 Å². The van der Waals surface area contributed by atoms with Crippen molar-refractivity contribution in [1.82, 2.24) is 9.47 Å². The van der Waals surface area contributed by atoms with Crippen molar-refractivity contribution in [3.8, 4) is 0 Å². The second kappa shape index (κ2) is 9.78. The number of halogens is 1. The van der Waals surface area contributed by atoms with Gasteiger partial charge in [-0.2, -0.15) is 0 Å². The maximum Gasteiger partial charge on any atom is 0.306 e. The summed E-state index contributed by atoms with van der Waals surface area (Å²) in [5.41, 5.74) is 1.65. The summed E-state index contributed by atoms with van der Waals surface area (Å²) in [6.07, 6.45) is 6.50. The molecule has 0 saturated carbocycles. The highest BCUT2D eigenvalue weighted by molar-refractivity contribution is 6.31. The van der Waals surface area contributed by atoms with Gasteiger partial charge in [0.15, 0.2) is 0 Å². The molecule has 1 unspecified atom stereocenters. The van der Waals surface area contributed by atoms with Gasteiger partial charge in [-0.3, -0.25) is 9.59 Å². The summed E-state index contributed by atoms with van der Waals surface area (Å²) in [7, 11) is 1.88. The molecule has 1 amide bonds. The molecule has 0 spiro atoms. The lowest BCUT2D eigenvalue weighted by Crippen LogP contribution is -2.44. The first-order valence-electron chi connectivity index (χ1n) is 9.87. The van der Waals surface area contributed by atoms with E-state index in [1.54, 1.807) is 0 Å². The number of esters is 1. The molecule has 1 saturated heterocycles. The van der Waals surface area contributed by atoms with Gasteiger partial charge in [0.1, 0.15) is 5.69 Å². The summed E-state index contributed by atoms with van der Waals surface area (Å²) in [6.45, 7) is 1.10. The summed E-state index contributed by atoms with van der Waals surface area (Å²) in [5, 5.41) is 0.673. The monoisotopic (exact) mass is 402 g/mol. The predicted molar refractivity (Wildman–Crippen MR) is 109 cm³/mol. The summed E-state index contributed by atoms with van der Waals surface area (Å²) in [4.78, 5) is 26.9. The van der Waals surface area contributed by atoms with Gasteiger partial charge in [-0.25, -0.2) is 0 Å². The molecular weight excluding hydrogens is 376 g/mol. The number of nitrogens with zero attached hydrogens (tertiary/aromatic N) is 2. The topological polar surface area (TPSA) is 51.5 Å². The highest BCUT2D eigenvalue weighted by Crippen LogP contribution is 2.22. The van der Waals surface area contributed by atoms with Crippen LogP contribution in [0, 0.1) is 0 Å². The fourth-order valence-corrected chi connectivity index (χ4v) is 3.95. The molecular formula is C22H27ClN2O3. The zero-order valence-electron chi connectivity index (χ0n) is 16.3. The molecule has 1 aliphatic rings. The maximum atomic E-state index is 12.9. The minimum atomic E-state index is -0.226. The number of piperidine rings is 1. The Hall–Kier alpha value is -2.27. The van der Waals surface area contributed by atoms with Crippen molar-refractivity contribution in [2.24, 2.45) is 7.05 Å². The zero-order valence-corrected chi connectivity index (χ0v) is 17.0. The number of aromatic nitrogens is 1. The van der Waals surface area contributed by atoms with Crippen molar-refractivity contribution in [2.75, 3.05) is 13.2 Å². The van der Waals surface area contributed by atoms with Crippen LogP contribution in [0.2, 0.25) is 5.02 Å². The van der Waals surface area contributed by atoms with Crippen LogP contribution in [0.25, 0.3) is 0 Å². The van der Waals surface area contributed by atoms with Crippen LogP contribution in [-0.2, 0) is 23.0 Å². The second-order valence-electron chi connectivity index (χ2n) is 7.25. The lowest BCUT2D eigenvalue weighted by molar-refractivity contribution is -0.144. The Kier molecular flexibility index (Phi) is 7.15. The van der Waals surface area contributed by atoms with Crippen LogP contribution in [0.15, 0.2) is 42.6 Å². The van der Waals surface area contributed by atoms with Crippen LogP contribution in [-0.4, -0.2) is 40.5 Å². The molecule has 5 nitrogen and oxygen atoms in total. The van der Waals surface area contributed by atoms with Crippen molar-refractivity contribution in [3.63, 3.8) is 0 Å². The minimum absolute atomic E-state index is 0.0576. The Morgan fingerprint density at radius 3 is 2.75 bits per heavy atom. The second-order valence-corrected chi connectivity index (χ2v) is 7.66. The van der Waals surface area contributed by atoms with Gasteiger partial charge in [-0.1, -0.05) is 29.8 Å². The fraction of sp³-hybridized carbons (Fsp3) is 0.455. The van der Waals surface area contributed by atoms with E-state index in [1.165, 1.54) is 0 Å². The summed E-state index contributed by atoms with van der Waals surface area (Å²) in [6, 6.07) is 11.4. The van der Waals surface area contributed by atoms with Gasteiger partial charge in [-0.15, -0.1) is 0 Å². The van der Waals surface area contributed by atoms with Gasteiger partial charge in [0.05, 0.1) is 6.61 Å². The number of hydrogen-bond acceptors (Lipinski definition) is 3. The van der Waals surface area contributed by atoms with Crippen molar-refractivity contribution in [1.29, 1.82) is 0 Å². The van der Waals surface area contributed by atoms with E-state index in [9.17, 15) is 9.59 Å². The Bertz CT molecular complexity index is 818. The molecule has 0 bridgehead atoms. The highest BCUT2D eigenvalue weighted by atomic mass is 35.5. The van der Waals surface area contributed by atoms with Crippen LogP contribution in [0.1, 0.15) is 48.2 Å². The molecule has 0 radical (unpaired) electrons. The SMILES string of the molecule is Cn1cccc1C(=O)N1CCCCC1CCOC(=O)CCc1ccccc1Cl. The molecule has 2 aromatic rings. The average Bonchev–Trinajstić information content (AvgIpc) is 3.13. The molecule has 6 heteroatoms. The average molecular weight is 403 g/mol. The number of aryl methyl sites for hydroxylation is 2.